The highest BCUT2D eigenvalue weighted by Crippen LogP contribution is 2.27. The van der Waals surface area contributed by atoms with Crippen molar-refractivity contribution in [2.45, 2.75) is 12.8 Å². The molecular weight excluding hydrogens is 450 g/mol. The Kier molecular flexibility index (Phi) is 8.17. The molecular formula is C25H29N5O5. The minimum absolute atomic E-state index is 0.127. The van der Waals surface area contributed by atoms with Crippen molar-refractivity contribution < 1.29 is 23.9 Å². The molecule has 10 nitrogen and oxygen atoms in total. The molecule has 1 unspecified atom stereocenters. The monoisotopic (exact) mass is 479 g/mol. The van der Waals surface area contributed by atoms with Crippen molar-refractivity contribution in [2.75, 3.05) is 51.9 Å². The first-order valence-electron chi connectivity index (χ1n) is 11.6. The Morgan fingerprint density at radius 3 is 2.66 bits per heavy atom. The smallest absolute Gasteiger partial charge is 0.270 e. The first kappa shape index (κ1) is 24.5. The van der Waals surface area contributed by atoms with Gasteiger partial charge in [0.1, 0.15) is 11.5 Å². The van der Waals surface area contributed by atoms with E-state index >= 15 is 0 Å². The van der Waals surface area contributed by atoms with E-state index in [0.29, 0.717) is 51.6 Å². The van der Waals surface area contributed by atoms with Crippen LogP contribution in [-0.2, 0) is 31.9 Å². The molecule has 2 aliphatic heterocycles. The normalized spacial score (nSPS) is 21.2. The molecule has 184 valence electrons. The number of fused-ring (bicyclic) bond motifs is 15. The van der Waals surface area contributed by atoms with E-state index in [9.17, 15) is 14.4 Å². The first-order valence-corrected chi connectivity index (χ1v) is 11.6. The Labute approximate surface area is 203 Å². The highest BCUT2D eigenvalue weighted by atomic mass is 16.5. The Bertz CT molecular complexity index is 1100. The van der Waals surface area contributed by atoms with Gasteiger partial charge in [-0.1, -0.05) is 12.2 Å². The van der Waals surface area contributed by atoms with Crippen molar-refractivity contribution in [1.82, 2.24) is 20.2 Å². The maximum absolute atomic E-state index is 12.8. The number of likely N-dealkylation sites (N-methyl/N-ethyl adjacent to an activating group) is 1. The lowest BCUT2D eigenvalue weighted by Crippen LogP contribution is -2.39. The van der Waals surface area contributed by atoms with Gasteiger partial charge in [-0.15, -0.1) is 0 Å². The fourth-order valence-electron chi connectivity index (χ4n) is 3.88. The van der Waals surface area contributed by atoms with Gasteiger partial charge in [0.05, 0.1) is 33.0 Å². The Balaban J connectivity index is 1.45. The molecule has 2 N–H and O–H groups in total. The van der Waals surface area contributed by atoms with Crippen LogP contribution in [0.2, 0.25) is 0 Å². The van der Waals surface area contributed by atoms with Crippen molar-refractivity contribution in [1.29, 1.82) is 0 Å². The minimum atomic E-state index is -0.431. The fourth-order valence-corrected chi connectivity index (χ4v) is 3.88. The summed E-state index contributed by atoms with van der Waals surface area (Å²) in [6.45, 7) is 1.90. The number of nitrogens with zero attached hydrogens (tertiary/aromatic N) is 3. The van der Waals surface area contributed by atoms with Gasteiger partial charge in [-0.05, 0) is 47.7 Å². The number of carbonyl (C=O) groups excluding carboxylic acids is 3. The summed E-state index contributed by atoms with van der Waals surface area (Å²) in [5.74, 6) is -0.574. The van der Waals surface area contributed by atoms with Gasteiger partial charge in [-0.25, -0.2) is 4.98 Å². The molecule has 0 radical (unpaired) electrons. The third-order valence-electron chi connectivity index (χ3n) is 5.95. The standard InChI is InChI=1S/C25H29N5O5/c1-30-6-8-35-10-9-34-7-2-3-17-4-5-22(27-14-17)29-24(32)19-11-18-13-21(26-15-20(18)12-19)25(33)28-16-23(30)31/h2-5,13-15,19H,6-12,16H2,1H3,(H,28,33)(H,27,29,32)/b3-2+. The number of pyridine rings is 2. The second kappa shape index (κ2) is 11.7. The van der Waals surface area contributed by atoms with Gasteiger partial charge in [0, 0.05) is 31.9 Å². The van der Waals surface area contributed by atoms with E-state index in [1.807, 2.05) is 18.2 Å². The lowest BCUT2D eigenvalue weighted by Gasteiger charge is -2.17. The number of hydrogen-bond donors (Lipinski definition) is 2. The third-order valence-corrected chi connectivity index (χ3v) is 5.95. The Hall–Kier alpha value is -3.63. The fraction of sp³-hybridized carbons (Fsp3) is 0.400. The molecule has 0 saturated carbocycles. The van der Waals surface area contributed by atoms with Gasteiger partial charge < -0.3 is 25.0 Å². The van der Waals surface area contributed by atoms with E-state index in [1.165, 1.54) is 4.90 Å². The minimum Gasteiger partial charge on any atom is -0.377 e. The molecule has 2 aromatic heterocycles. The molecule has 0 fully saturated rings. The van der Waals surface area contributed by atoms with Crippen LogP contribution in [0.5, 0.6) is 0 Å². The van der Waals surface area contributed by atoms with Gasteiger partial charge in [0.25, 0.3) is 5.91 Å². The summed E-state index contributed by atoms with van der Waals surface area (Å²) in [7, 11) is 1.66. The molecule has 4 heterocycles. The van der Waals surface area contributed by atoms with Crippen molar-refractivity contribution in [3.8, 4) is 0 Å². The van der Waals surface area contributed by atoms with Crippen LogP contribution in [-0.4, -0.2) is 79.2 Å². The molecule has 3 aliphatic rings. The van der Waals surface area contributed by atoms with Crippen LogP contribution in [0.15, 0.2) is 36.7 Å². The molecule has 0 saturated heterocycles. The molecule has 1 aliphatic carbocycles. The number of rotatable bonds is 0. The summed E-state index contributed by atoms with van der Waals surface area (Å²) in [5.41, 5.74) is 2.97. The van der Waals surface area contributed by atoms with Gasteiger partial charge in [-0.3, -0.25) is 19.4 Å². The van der Waals surface area contributed by atoms with E-state index in [0.717, 1.165) is 16.7 Å². The van der Waals surface area contributed by atoms with E-state index in [-0.39, 0.29) is 30.0 Å². The number of hydrogen-bond acceptors (Lipinski definition) is 7. The zero-order chi connectivity index (χ0) is 24.6. The molecule has 10 heteroatoms. The number of nitrogens with one attached hydrogen (secondary N) is 2. The molecule has 1 atom stereocenters. The Morgan fingerprint density at radius 2 is 1.83 bits per heavy atom. The van der Waals surface area contributed by atoms with Gasteiger partial charge in [0.15, 0.2) is 0 Å². The summed E-state index contributed by atoms with van der Waals surface area (Å²) in [5, 5.41) is 5.49. The van der Waals surface area contributed by atoms with Crippen LogP contribution >= 0.6 is 0 Å². The second-order valence-electron chi connectivity index (χ2n) is 8.50. The quantitative estimate of drug-likeness (QED) is 0.542. The Morgan fingerprint density at radius 1 is 1.00 bits per heavy atom. The number of aromatic nitrogens is 2. The van der Waals surface area contributed by atoms with Crippen LogP contribution in [0.25, 0.3) is 6.08 Å². The number of anilines is 1. The molecule has 2 aromatic rings. The first-order chi connectivity index (χ1) is 17.0. The van der Waals surface area contributed by atoms with Crippen LogP contribution < -0.4 is 10.6 Å². The van der Waals surface area contributed by atoms with Crippen molar-refractivity contribution >= 4 is 29.6 Å². The second-order valence-corrected chi connectivity index (χ2v) is 8.50. The summed E-state index contributed by atoms with van der Waals surface area (Å²) in [4.78, 5) is 47.7. The zero-order valence-electron chi connectivity index (χ0n) is 19.7. The topological polar surface area (TPSA) is 123 Å². The van der Waals surface area contributed by atoms with Gasteiger partial charge in [-0.2, -0.15) is 0 Å². The van der Waals surface area contributed by atoms with Crippen LogP contribution in [0.3, 0.4) is 0 Å². The average Bonchev–Trinajstić information content (AvgIpc) is 3.30. The average molecular weight is 480 g/mol. The van der Waals surface area contributed by atoms with Crippen LogP contribution in [0.4, 0.5) is 5.82 Å². The van der Waals surface area contributed by atoms with Crippen molar-refractivity contribution in [2.24, 2.45) is 5.92 Å². The number of carbonyl (C=O) groups is 3. The summed E-state index contributed by atoms with van der Waals surface area (Å²) in [6, 6.07) is 5.33. The van der Waals surface area contributed by atoms with Crippen molar-refractivity contribution in [3.05, 3.63) is 59.1 Å². The predicted octanol–water partition coefficient (Wildman–Crippen LogP) is 1.08. The largest absolute Gasteiger partial charge is 0.377 e. The summed E-state index contributed by atoms with van der Waals surface area (Å²) < 4.78 is 11.0. The van der Waals surface area contributed by atoms with E-state index in [4.69, 9.17) is 9.47 Å². The zero-order valence-corrected chi connectivity index (χ0v) is 19.7. The molecule has 5 rings (SSSR count). The highest BCUT2D eigenvalue weighted by molar-refractivity contribution is 5.95. The van der Waals surface area contributed by atoms with Crippen LogP contribution in [0.1, 0.15) is 27.2 Å². The highest BCUT2D eigenvalue weighted by Gasteiger charge is 2.29. The van der Waals surface area contributed by atoms with Gasteiger partial charge >= 0.3 is 0 Å². The predicted molar refractivity (Wildman–Crippen MR) is 129 cm³/mol. The SMILES string of the molecule is CN1CCOCCOC/C=C/c2ccc(nc2)NC(=O)C2Cc3cnc(cc3C2)C(=O)NCC1=O. The van der Waals surface area contributed by atoms with E-state index < -0.39 is 5.91 Å². The van der Waals surface area contributed by atoms with Crippen molar-refractivity contribution in [3.63, 3.8) is 0 Å². The number of ether oxygens (including phenoxy) is 2. The third kappa shape index (κ3) is 6.71. The molecule has 3 amide bonds. The molecule has 35 heavy (non-hydrogen) atoms. The van der Waals surface area contributed by atoms with E-state index in [2.05, 4.69) is 20.6 Å². The van der Waals surface area contributed by atoms with Gasteiger partial charge in [0.2, 0.25) is 11.8 Å². The lowest BCUT2D eigenvalue weighted by atomic mass is 10.1. The summed E-state index contributed by atoms with van der Waals surface area (Å²) >= 11 is 0. The number of amides is 3. The lowest BCUT2D eigenvalue weighted by molar-refractivity contribution is -0.129. The molecule has 0 aromatic carbocycles. The molecule has 5 bridgehead atoms. The molecule has 0 spiro atoms. The maximum Gasteiger partial charge on any atom is 0.270 e. The maximum atomic E-state index is 12.8. The van der Waals surface area contributed by atoms with E-state index in [1.54, 1.807) is 31.6 Å². The van der Waals surface area contributed by atoms with Crippen LogP contribution in [0, 0.1) is 5.92 Å². The summed E-state index contributed by atoms with van der Waals surface area (Å²) in [6.07, 6.45) is 8.15.